The normalized spacial score (nSPS) is 15.0. The Morgan fingerprint density at radius 3 is 2.52 bits per heavy atom. The average molecular weight is 411 g/mol. The minimum Gasteiger partial charge on any atom is -0.496 e. The minimum absolute atomic E-state index is 0.00425. The maximum atomic E-state index is 13.3. The summed E-state index contributed by atoms with van der Waals surface area (Å²) in [4.78, 5) is 18.3. The molecule has 11 heteroatoms. The molecule has 1 fully saturated rings. The largest absolute Gasteiger partial charge is 0.496 e. The zero-order valence-electron chi connectivity index (χ0n) is 15.6. The van der Waals surface area contributed by atoms with Gasteiger partial charge in [-0.2, -0.15) is 18.2 Å². The first kappa shape index (κ1) is 20.6. The smallest absolute Gasteiger partial charge is 0.433 e. The molecule has 0 spiro atoms. The molecule has 0 aliphatic heterocycles. The summed E-state index contributed by atoms with van der Waals surface area (Å²) >= 11 is 0. The number of aromatic nitrogens is 2. The molecule has 3 rings (SSSR count). The number of nitro benzene ring substituents is 1. The highest BCUT2D eigenvalue weighted by atomic mass is 19.4. The van der Waals surface area contributed by atoms with E-state index in [1.807, 2.05) is 0 Å². The number of hydrogen-bond donors (Lipinski definition) is 2. The third-order valence-electron chi connectivity index (χ3n) is 4.62. The van der Waals surface area contributed by atoms with E-state index in [0.717, 1.165) is 38.2 Å². The number of ether oxygens (including phenoxy) is 1. The predicted molar refractivity (Wildman–Crippen MR) is 100 cm³/mol. The van der Waals surface area contributed by atoms with Gasteiger partial charge in [-0.25, -0.2) is 4.98 Å². The van der Waals surface area contributed by atoms with E-state index in [9.17, 15) is 23.3 Å². The van der Waals surface area contributed by atoms with Gasteiger partial charge in [0.05, 0.1) is 18.1 Å². The van der Waals surface area contributed by atoms with Crippen LogP contribution in [0.25, 0.3) is 0 Å². The summed E-state index contributed by atoms with van der Waals surface area (Å²) in [5.41, 5.74) is -1.49. The summed E-state index contributed by atoms with van der Waals surface area (Å²) in [6.07, 6.45) is 0.0297. The van der Waals surface area contributed by atoms with Crippen LogP contribution in [0.2, 0.25) is 0 Å². The van der Waals surface area contributed by atoms with Crippen LogP contribution in [0.3, 0.4) is 0 Å². The Kier molecular flexibility index (Phi) is 6.04. The Bertz CT molecular complexity index is 886. The molecule has 1 heterocycles. The fraction of sp³-hybridized carbons (Fsp3) is 0.444. The summed E-state index contributed by atoms with van der Waals surface area (Å²) in [7, 11) is 1.36. The lowest BCUT2D eigenvalue weighted by Gasteiger charge is -2.23. The molecule has 0 atom stereocenters. The third kappa shape index (κ3) is 5.24. The first-order valence-electron chi connectivity index (χ1n) is 9.08. The molecule has 1 aromatic heterocycles. The van der Waals surface area contributed by atoms with Crippen molar-refractivity contribution in [3.8, 4) is 5.75 Å². The van der Waals surface area contributed by atoms with E-state index in [4.69, 9.17) is 4.74 Å². The number of benzene rings is 1. The fourth-order valence-corrected chi connectivity index (χ4v) is 3.18. The number of nitro groups is 1. The number of methoxy groups -OCH3 is 1. The van der Waals surface area contributed by atoms with Gasteiger partial charge in [-0.1, -0.05) is 19.3 Å². The molecule has 0 radical (unpaired) electrons. The van der Waals surface area contributed by atoms with Crippen molar-refractivity contribution in [2.45, 2.75) is 44.3 Å². The summed E-state index contributed by atoms with van der Waals surface area (Å²) in [6.45, 7) is 0. The average Bonchev–Trinajstić information content (AvgIpc) is 2.68. The molecule has 2 aromatic rings. The van der Waals surface area contributed by atoms with Crippen LogP contribution in [0.15, 0.2) is 24.3 Å². The summed E-state index contributed by atoms with van der Waals surface area (Å²) in [5.74, 6) is -0.107. The lowest BCUT2D eigenvalue weighted by molar-refractivity contribution is -0.384. The third-order valence-corrected chi connectivity index (χ3v) is 4.62. The number of nitrogens with zero attached hydrogens (tertiary/aromatic N) is 3. The van der Waals surface area contributed by atoms with Gasteiger partial charge in [0.25, 0.3) is 5.69 Å². The van der Waals surface area contributed by atoms with E-state index in [0.29, 0.717) is 0 Å². The molecule has 1 saturated carbocycles. The SMILES string of the molecule is COc1ccc(Nc2cc(C(F)(F)F)nc(NC3CCCCC3)n2)c([N+](=O)[O-])c1. The molecule has 1 aliphatic rings. The highest BCUT2D eigenvalue weighted by Crippen LogP contribution is 2.34. The first-order valence-corrected chi connectivity index (χ1v) is 9.08. The van der Waals surface area contributed by atoms with Gasteiger partial charge < -0.3 is 15.4 Å². The molecular formula is C18H20F3N5O3. The molecule has 0 amide bonds. The summed E-state index contributed by atoms with van der Waals surface area (Å²) in [6, 6.07) is 4.70. The maximum absolute atomic E-state index is 13.3. The molecule has 0 unspecified atom stereocenters. The molecular weight excluding hydrogens is 391 g/mol. The van der Waals surface area contributed by atoms with Crippen LogP contribution in [-0.2, 0) is 6.18 Å². The van der Waals surface area contributed by atoms with Crippen molar-refractivity contribution in [1.29, 1.82) is 0 Å². The molecule has 0 bridgehead atoms. The predicted octanol–water partition coefficient (Wildman–Crippen LogP) is 4.90. The molecule has 8 nitrogen and oxygen atoms in total. The van der Waals surface area contributed by atoms with E-state index in [-0.39, 0.29) is 34.9 Å². The standard InChI is InChI=1S/C18H20F3N5O3/c1-29-12-7-8-13(14(9-12)26(27)28)23-16-10-15(18(19,20)21)24-17(25-16)22-11-5-3-2-4-6-11/h7-11H,2-6H2,1H3,(H2,22,23,24,25). The van der Waals surface area contributed by atoms with Crippen LogP contribution >= 0.6 is 0 Å². The van der Waals surface area contributed by atoms with Gasteiger partial charge in [-0.15, -0.1) is 0 Å². The van der Waals surface area contributed by atoms with Gasteiger partial charge in [0.2, 0.25) is 5.95 Å². The fourth-order valence-electron chi connectivity index (χ4n) is 3.18. The summed E-state index contributed by atoms with van der Waals surface area (Å²) in [5, 5.41) is 16.9. The van der Waals surface area contributed by atoms with Crippen molar-refractivity contribution in [3.05, 3.63) is 40.1 Å². The van der Waals surface area contributed by atoms with Crippen LogP contribution in [0.5, 0.6) is 5.75 Å². The number of nitrogens with one attached hydrogen (secondary N) is 2. The van der Waals surface area contributed by atoms with Gasteiger partial charge in [-0.3, -0.25) is 10.1 Å². The van der Waals surface area contributed by atoms with Crippen LogP contribution < -0.4 is 15.4 Å². The van der Waals surface area contributed by atoms with E-state index in [1.165, 1.54) is 25.3 Å². The van der Waals surface area contributed by atoms with Crippen molar-refractivity contribution in [3.63, 3.8) is 0 Å². The Labute approximate surface area is 164 Å². The van der Waals surface area contributed by atoms with E-state index in [2.05, 4.69) is 20.6 Å². The van der Waals surface area contributed by atoms with Crippen LogP contribution in [0.1, 0.15) is 37.8 Å². The van der Waals surface area contributed by atoms with Gasteiger partial charge in [0, 0.05) is 12.1 Å². The summed E-state index contributed by atoms with van der Waals surface area (Å²) < 4.78 is 44.9. The Hall–Kier alpha value is -3.11. The lowest BCUT2D eigenvalue weighted by atomic mass is 9.96. The molecule has 2 N–H and O–H groups in total. The minimum atomic E-state index is -4.69. The first-order chi connectivity index (χ1) is 13.8. The zero-order chi connectivity index (χ0) is 21.0. The van der Waals surface area contributed by atoms with E-state index < -0.39 is 16.8 Å². The Morgan fingerprint density at radius 1 is 1.17 bits per heavy atom. The van der Waals surface area contributed by atoms with Crippen LogP contribution in [-0.4, -0.2) is 28.0 Å². The molecule has 0 saturated heterocycles. The quantitative estimate of drug-likeness (QED) is 0.515. The van der Waals surface area contributed by atoms with Crippen LogP contribution in [0.4, 0.5) is 36.3 Å². The topological polar surface area (TPSA) is 102 Å². The monoisotopic (exact) mass is 411 g/mol. The zero-order valence-corrected chi connectivity index (χ0v) is 15.6. The number of alkyl halides is 3. The van der Waals surface area contributed by atoms with Crippen LogP contribution in [0, 0.1) is 10.1 Å². The van der Waals surface area contributed by atoms with Crippen molar-refractivity contribution >= 4 is 23.1 Å². The van der Waals surface area contributed by atoms with E-state index in [1.54, 1.807) is 0 Å². The molecule has 1 aromatic carbocycles. The van der Waals surface area contributed by atoms with Crippen molar-refractivity contribution in [2.24, 2.45) is 0 Å². The molecule has 29 heavy (non-hydrogen) atoms. The second-order valence-electron chi connectivity index (χ2n) is 6.70. The number of hydrogen-bond acceptors (Lipinski definition) is 7. The second-order valence-corrected chi connectivity index (χ2v) is 6.70. The van der Waals surface area contributed by atoms with E-state index >= 15 is 0 Å². The highest BCUT2D eigenvalue weighted by Gasteiger charge is 2.34. The number of halogens is 3. The van der Waals surface area contributed by atoms with Gasteiger partial charge in [-0.05, 0) is 25.0 Å². The van der Waals surface area contributed by atoms with Gasteiger partial charge in [0.1, 0.15) is 17.3 Å². The second kappa shape index (κ2) is 8.50. The maximum Gasteiger partial charge on any atom is 0.433 e. The van der Waals surface area contributed by atoms with Crippen molar-refractivity contribution in [2.75, 3.05) is 17.7 Å². The van der Waals surface area contributed by atoms with Crippen molar-refractivity contribution < 1.29 is 22.8 Å². The molecule has 1 aliphatic carbocycles. The highest BCUT2D eigenvalue weighted by molar-refractivity contribution is 5.70. The van der Waals surface area contributed by atoms with Gasteiger partial charge in [0.15, 0.2) is 5.69 Å². The van der Waals surface area contributed by atoms with Crippen molar-refractivity contribution in [1.82, 2.24) is 9.97 Å². The lowest BCUT2D eigenvalue weighted by Crippen LogP contribution is -2.24. The Morgan fingerprint density at radius 2 is 1.90 bits per heavy atom. The number of anilines is 3. The van der Waals surface area contributed by atoms with Gasteiger partial charge >= 0.3 is 6.18 Å². The number of rotatable bonds is 6. The molecule has 156 valence electrons. The Balaban J connectivity index is 1.94.